The van der Waals surface area contributed by atoms with Crippen LogP contribution in [0.2, 0.25) is 0 Å². The largest absolute Gasteiger partial charge is 0.490 e. The predicted molar refractivity (Wildman–Crippen MR) is 110 cm³/mol. The summed E-state index contributed by atoms with van der Waals surface area (Å²) in [4.78, 5) is 15.3. The van der Waals surface area contributed by atoms with Gasteiger partial charge in [-0.3, -0.25) is 13.8 Å². The number of nitrogens with two attached hydrogens (primary N) is 1. The second-order valence-electron chi connectivity index (χ2n) is 8.58. The Morgan fingerprint density at radius 2 is 1.81 bits per heavy atom. The van der Waals surface area contributed by atoms with Gasteiger partial charge < -0.3 is 19.9 Å². The first-order chi connectivity index (χ1) is 14.9. The summed E-state index contributed by atoms with van der Waals surface area (Å²) in [5, 5.41) is 0. The molecule has 4 rings (SSSR count). The van der Waals surface area contributed by atoms with E-state index in [0.717, 1.165) is 38.5 Å². The van der Waals surface area contributed by atoms with Gasteiger partial charge in [-0.15, -0.1) is 0 Å². The van der Waals surface area contributed by atoms with Crippen molar-refractivity contribution in [2.75, 3.05) is 13.3 Å². The number of imidazole rings is 1. The minimum absolute atomic E-state index is 0.00166. The fraction of sp³-hybridized carbons (Fsp3) is 0.636. The molecule has 0 radical (unpaired) electrons. The Morgan fingerprint density at radius 3 is 2.45 bits per heavy atom. The van der Waals surface area contributed by atoms with E-state index in [1.165, 1.54) is 6.07 Å². The van der Waals surface area contributed by atoms with Crippen LogP contribution in [0.4, 0.5) is 8.78 Å². The first kappa shape index (κ1) is 21.8. The van der Waals surface area contributed by atoms with E-state index in [-0.39, 0.29) is 36.9 Å². The molecule has 1 amide bonds. The molecule has 9 heteroatoms. The third-order valence-electron chi connectivity index (χ3n) is 5.87. The van der Waals surface area contributed by atoms with E-state index in [0.29, 0.717) is 17.3 Å². The van der Waals surface area contributed by atoms with Gasteiger partial charge in [0.2, 0.25) is 5.91 Å². The maximum absolute atomic E-state index is 14.5. The van der Waals surface area contributed by atoms with Gasteiger partial charge in [0, 0.05) is 31.5 Å². The molecule has 0 unspecified atom stereocenters. The van der Waals surface area contributed by atoms with E-state index in [1.807, 2.05) is 0 Å². The molecular weight excluding hydrogens is 408 g/mol. The molecule has 2 aromatic rings. The van der Waals surface area contributed by atoms with Gasteiger partial charge in [0.15, 0.2) is 5.82 Å². The third-order valence-corrected chi connectivity index (χ3v) is 5.87. The van der Waals surface area contributed by atoms with Crippen LogP contribution in [-0.2, 0) is 16.6 Å². The number of fused-ring (bicyclic) bond motifs is 1. The summed E-state index contributed by atoms with van der Waals surface area (Å²) >= 11 is 0. The summed E-state index contributed by atoms with van der Waals surface area (Å²) in [7, 11) is 1.80. The molecule has 2 aliphatic carbocycles. The Labute approximate surface area is 179 Å². The highest BCUT2D eigenvalue weighted by atomic mass is 19.1. The van der Waals surface area contributed by atoms with E-state index in [1.54, 1.807) is 17.7 Å². The Hall–Kier alpha value is -2.42. The number of rotatable bonds is 10. The normalized spacial score (nSPS) is 22.4. The lowest BCUT2D eigenvalue weighted by Gasteiger charge is -2.29. The number of primary amides is 1. The number of hydrogen-bond acceptors (Lipinski definition) is 5. The van der Waals surface area contributed by atoms with E-state index in [2.05, 4.69) is 4.98 Å². The van der Waals surface area contributed by atoms with Gasteiger partial charge >= 0.3 is 0 Å². The van der Waals surface area contributed by atoms with E-state index in [9.17, 15) is 13.6 Å². The molecule has 170 valence electrons. The highest BCUT2D eigenvalue weighted by Gasteiger charge is 2.27. The smallest absolute Gasteiger partial charge is 0.297 e. The lowest BCUT2D eigenvalue weighted by molar-refractivity contribution is -0.120. The van der Waals surface area contributed by atoms with Crippen LogP contribution in [0.25, 0.3) is 11.0 Å². The number of halogens is 2. The highest BCUT2D eigenvalue weighted by molar-refractivity contribution is 5.79. The molecule has 1 heterocycles. The summed E-state index contributed by atoms with van der Waals surface area (Å²) in [6, 6.07) is 3.55. The number of aromatic nitrogens is 2. The number of aryl methyl sites for hydroxylation is 1. The van der Waals surface area contributed by atoms with E-state index < -0.39 is 24.3 Å². The number of carbonyl (C=O) groups excluding carboxylic acids is 1. The number of nitrogens with zero attached hydrogens (tertiary/aromatic N) is 2. The Kier molecular flexibility index (Phi) is 6.60. The summed E-state index contributed by atoms with van der Waals surface area (Å²) in [5.41, 5.74) is 6.04. The summed E-state index contributed by atoms with van der Waals surface area (Å²) in [5.74, 6) is -0.916. The first-order valence-corrected chi connectivity index (χ1v) is 10.9. The molecule has 2 saturated carbocycles. The van der Waals surface area contributed by atoms with Gasteiger partial charge in [-0.05, 0) is 38.5 Å². The molecule has 1 aromatic carbocycles. The molecule has 0 spiro atoms. The van der Waals surface area contributed by atoms with Crippen LogP contribution in [0.1, 0.15) is 44.9 Å². The molecular formula is C22H29F2N3O4. The average Bonchev–Trinajstić information content (AvgIpc) is 3.50. The van der Waals surface area contributed by atoms with Crippen molar-refractivity contribution in [2.45, 2.75) is 63.3 Å². The van der Waals surface area contributed by atoms with Crippen molar-refractivity contribution in [3.05, 3.63) is 17.9 Å². The Balaban J connectivity index is 1.32. The zero-order valence-corrected chi connectivity index (χ0v) is 17.7. The summed E-state index contributed by atoms with van der Waals surface area (Å²) < 4.78 is 46.8. The monoisotopic (exact) mass is 437 g/mol. The quantitative estimate of drug-likeness (QED) is 0.615. The number of alkyl halides is 1. The van der Waals surface area contributed by atoms with Crippen molar-refractivity contribution in [2.24, 2.45) is 18.7 Å². The molecule has 7 nitrogen and oxygen atoms in total. The third kappa shape index (κ3) is 5.44. The van der Waals surface area contributed by atoms with Crippen LogP contribution in [0.3, 0.4) is 0 Å². The second-order valence-corrected chi connectivity index (χ2v) is 8.58. The second kappa shape index (κ2) is 9.38. The average molecular weight is 437 g/mol. The van der Waals surface area contributed by atoms with Gasteiger partial charge in [-0.1, -0.05) is 0 Å². The number of benzene rings is 1. The van der Waals surface area contributed by atoms with Gasteiger partial charge in [0.25, 0.3) is 6.01 Å². The first-order valence-electron chi connectivity index (χ1n) is 10.9. The predicted octanol–water partition coefficient (Wildman–Crippen LogP) is 3.42. The van der Waals surface area contributed by atoms with Gasteiger partial charge in [0.1, 0.15) is 17.4 Å². The van der Waals surface area contributed by atoms with Crippen molar-refractivity contribution < 1.29 is 27.8 Å². The minimum atomic E-state index is -0.627. The number of amides is 1. The molecule has 0 saturated heterocycles. The lowest BCUT2D eigenvalue weighted by atomic mass is 9.95. The Morgan fingerprint density at radius 1 is 1.16 bits per heavy atom. The van der Waals surface area contributed by atoms with Gasteiger partial charge in [-0.25, -0.2) is 4.39 Å². The Bertz CT molecular complexity index is 923. The summed E-state index contributed by atoms with van der Waals surface area (Å²) in [6.45, 7) is -0.441. The standard InChI is InChI=1S/C22H29F2N3O4/c1-27-19-10-17(30-15-6-7-15)9-18(24)21(19)26-22(27)31-16-4-2-14(3-5-16)29-12-13(11-23)8-20(25)28/h9-10,13-16H,2-8,11-12H2,1H3,(H2,25,28)/t13-,14?,16?/m0/s1. The van der Waals surface area contributed by atoms with Crippen LogP contribution in [0.5, 0.6) is 11.8 Å². The molecule has 2 N–H and O–H groups in total. The molecule has 2 fully saturated rings. The maximum atomic E-state index is 14.5. The van der Waals surface area contributed by atoms with Crippen molar-refractivity contribution in [3.63, 3.8) is 0 Å². The van der Waals surface area contributed by atoms with Crippen molar-refractivity contribution >= 4 is 16.9 Å². The van der Waals surface area contributed by atoms with Crippen LogP contribution >= 0.6 is 0 Å². The fourth-order valence-electron chi connectivity index (χ4n) is 3.93. The van der Waals surface area contributed by atoms with Gasteiger partial charge in [0.05, 0.1) is 31.0 Å². The molecule has 2 aliphatic rings. The van der Waals surface area contributed by atoms with E-state index in [4.69, 9.17) is 19.9 Å². The van der Waals surface area contributed by atoms with Crippen molar-refractivity contribution in [3.8, 4) is 11.8 Å². The summed E-state index contributed by atoms with van der Waals surface area (Å²) in [6.07, 6.45) is 5.17. The zero-order valence-electron chi connectivity index (χ0n) is 17.7. The van der Waals surface area contributed by atoms with Crippen LogP contribution in [0.15, 0.2) is 12.1 Å². The molecule has 0 bridgehead atoms. The molecule has 1 aromatic heterocycles. The number of ether oxygens (including phenoxy) is 3. The highest BCUT2D eigenvalue weighted by Crippen LogP contribution is 2.33. The maximum Gasteiger partial charge on any atom is 0.297 e. The van der Waals surface area contributed by atoms with E-state index >= 15 is 0 Å². The number of hydrogen-bond donors (Lipinski definition) is 1. The van der Waals surface area contributed by atoms with Crippen molar-refractivity contribution in [1.82, 2.24) is 9.55 Å². The molecule has 0 aliphatic heterocycles. The molecule has 1 atom stereocenters. The lowest BCUT2D eigenvalue weighted by Crippen LogP contribution is -2.31. The zero-order chi connectivity index (χ0) is 22.0. The fourth-order valence-corrected chi connectivity index (χ4v) is 3.93. The minimum Gasteiger partial charge on any atom is -0.490 e. The van der Waals surface area contributed by atoms with Gasteiger partial charge in [-0.2, -0.15) is 4.98 Å². The number of carbonyl (C=O) groups is 1. The van der Waals surface area contributed by atoms with Crippen LogP contribution in [0, 0.1) is 11.7 Å². The van der Waals surface area contributed by atoms with Crippen LogP contribution < -0.4 is 15.2 Å². The SMILES string of the molecule is Cn1c(OC2CCC(OC[C@H](CF)CC(N)=O)CC2)nc2c(F)cc(OC3CC3)cc21. The molecule has 31 heavy (non-hydrogen) atoms. The van der Waals surface area contributed by atoms with Crippen molar-refractivity contribution in [1.29, 1.82) is 0 Å². The topological polar surface area (TPSA) is 88.6 Å². The van der Waals surface area contributed by atoms with Crippen LogP contribution in [-0.4, -0.2) is 47.1 Å².